The molecule has 0 aliphatic carbocycles. The van der Waals surface area contributed by atoms with E-state index in [-0.39, 0.29) is 12.4 Å². The van der Waals surface area contributed by atoms with E-state index in [2.05, 4.69) is 30.8 Å². The van der Waals surface area contributed by atoms with Crippen molar-refractivity contribution >= 4 is 12.4 Å². The van der Waals surface area contributed by atoms with Gasteiger partial charge in [0.15, 0.2) is 0 Å². The van der Waals surface area contributed by atoms with Gasteiger partial charge in [-0.15, -0.1) is 12.4 Å². The predicted molar refractivity (Wildman–Crippen MR) is 81.6 cm³/mol. The molecule has 0 radical (unpaired) electrons. The van der Waals surface area contributed by atoms with E-state index in [9.17, 15) is 0 Å². The molecule has 2 rings (SSSR count). The zero-order valence-electron chi connectivity index (χ0n) is 12.5. The number of halogens is 1. The molecule has 1 aliphatic rings. The fourth-order valence-corrected chi connectivity index (χ4v) is 2.93. The Labute approximate surface area is 122 Å². The highest BCUT2D eigenvalue weighted by Gasteiger charge is 2.24. The van der Waals surface area contributed by atoms with Crippen LogP contribution in [-0.4, -0.2) is 33.8 Å². The zero-order chi connectivity index (χ0) is 13.3. The Bertz CT molecular complexity index is 414. The monoisotopic (exact) mass is 286 g/mol. The van der Waals surface area contributed by atoms with Crippen molar-refractivity contribution in [3.63, 3.8) is 0 Å². The molecule has 1 aromatic rings. The number of rotatable bonds is 3. The molecule has 2 N–H and O–H groups in total. The number of hydrogen-bond acceptors (Lipinski definition) is 3. The second-order valence-corrected chi connectivity index (χ2v) is 5.77. The van der Waals surface area contributed by atoms with Crippen molar-refractivity contribution in [2.75, 3.05) is 13.1 Å². The Morgan fingerprint density at radius 2 is 2.11 bits per heavy atom. The zero-order valence-corrected chi connectivity index (χ0v) is 13.3. The lowest BCUT2D eigenvalue weighted by atomic mass is 9.92. The molecular weight excluding hydrogens is 260 g/mol. The van der Waals surface area contributed by atoms with Gasteiger partial charge in [-0.3, -0.25) is 9.58 Å². The van der Waals surface area contributed by atoms with Crippen LogP contribution in [0.1, 0.15) is 36.7 Å². The summed E-state index contributed by atoms with van der Waals surface area (Å²) in [5.74, 6) is 0.649. The van der Waals surface area contributed by atoms with Crippen molar-refractivity contribution in [2.24, 2.45) is 18.7 Å². The van der Waals surface area contributed by atoms with E-state index >= 15 is 0 Å². The first kappa shape index (κ1) is 16.5. The fraction of sp³-hybridized carbons (Fsp3) is 0.786. The molecule has 1 saturated heterocycles. The van der Waals surface area contributed by atoms with Crippen molar-refractivity contribution in [2.45, 2.75) is 46.2 Å². The molecule has 2 atom stereocenters. The van der Waals surface area contributed by atoms with Crippen LogP contribution in [0.3, 0.4) is 0 Å². The van der Waals surface area contributed by atoms with E-state index in [0.29, 0.717) is 12.0 Å². The molecular formula is C14H27ClN4. The van der Waals surface area contributed by atoms with E-state index in [1.165, 1.54) is 30.6 Å². The summed E-state index contributed by atoms with van der Waals surface area (Å²) < 4.78 is 1.98. The van der Waals surface area contributed by atoms with Gasteiger partial charge in [-0.1, -0.05) is 0 Å². The molecule has 4 nitrogen and oxygen atoms in total. The van der Waals surface area contributed by atoms with Crippen LogP contribution in [0.4, 0.5) is 0 Å². The number of aromatic nitrogens is 2. The van der Waals surface area contributed by atoms with E-state index in [4.69, 9.17) is 5.73 Å². The standard InChI is InChI=1S/C14H26N4.ClH/c1-10(15)13-6-5-7-18(8-13)9-14-11(2)16-17(4)12(14)3;/h10,13H,5-9,15H2,1-4H3;1H. The van der Waals surface area contributed by atoms with Crippen molar-refractivity contribution in [3.05, 3.63) is 17.0 Å². The smallest absolute Gasteiger partial charge is 0.0641 e. The number of aryl methyl sites for hydroxylation is 2. The molecule has 0 bridgehead atoms. The highest BCUT2D eigenvalue weighted by atomic mass is 35.5. The maximum Gasteiger partial charge on any atom is 0.0641 e. The van der Waals surface area contributed by atoms with Crippen molar-refractivity contribution in [1.29, 1.82) is 0 Å². The normalized spacial score (nSPS) is 22.1. The number of nitrogens with zero attached hydrogens (tertiary/aromatic N) is 3. The summed E-state index contributed by atoms with van der Waals surface area (Å²) in [4.78, 5) is 2.54. The number of hydrogen-bond donors (Lipinski definition) is 1. The van der Waals surface area contributed by atoms with Crippen LogP contribution in [0.15, 0.2) is 0 Å². The number of nitrogens with two attached hydrogens (primary N) is 1. The van der Waals surface area contributed by atoms with Crippen molar-refractivity contribution in [1.82, 2.24) is 14.7 Å². The van der Waals surface area contributed by atoms with Crippen LogP contribution in [0.5, 0.6) is 0 Å². The fourth-order valence-electron chi connectivity index (χ4n) is 2.93. The van der Waals surface area contributed by atoms with Crippen LogP contribution in [-0.2, 0) is 13.6 Å². The second-order valence-electron chi connectivity index (χ2n) is 5.77. The van der Waals surface area contributed by atoms with Crippen LogP contribution in [0.25, 0.3) is 0 Å². The summed E-state index contributed by atoms with van der Waals surface area (Å²) >= 11 is 0. The molecule has 19 heavy (non-hydrogen) atoms. The van der Waals surface area contributed by atoms with Crippen LogP contribution >= 0.6 is 12.4 Å². The Morgan fingerprint density at radius 3 is 2.63 bits per heavy atom. The lowest BCUT2D eigenvalue weighted by molar-refractivity contribution is 0.154. The minimum absolute atomic E-state index is 0. The highest BCUT2D eigenvalue weighted by molar-refractivity contribution is 5.85. The Balaban J connectivity index is 0.00000180. The second kappa shape index (κ2) is 6.73. The topological polar surface area (TPSA) is 47.1 Å². The summed E-state index contributed by atoms with van der Waals surface area (Å²) in [5.41, 5.74) is 9.89. The third-order valence-electron chi connectivity index (χ3n) is 4.33. The maximum absolute atomic E-state index is 6.04. The molecule has 5 heteroatoms. The molecule has 2 unspecified atom stereocenters. The summed E-state index contributed by atoms with van der Waals surface area (Å²) in [6.45, 7) is 9.74. The largest absolute Gasteiger partial charge is 0.328 e. The maximum atomic E-state index is 6.04. The van der Waals surface area contributed by atoms with Gasteiger partial charge in [-0.2, -0.15) is 5.10 Å². The van der Waals surface area contributed by atoms with Crippen molar-refractivity contribution < 1.29 is 0 Å². The molecule has 0 aromatic carbocycles. The number of likely N-dealkylation sites (tertiary alicyclic amines) is 1. The van der Waals surface area contributed by atoms with Gasteiger partial charge in [0.05, 0.1) is 5.69 Å². The van der Waals surface area contributed by atoms with Gasteiger partial charge in [0, 0.05) is 37.4 Å². The third kappa shape index (κ3) is 3.71. The SMILES string of the molecule is Cc1nn(C)c(C)c1CN1CCCC(C(C)N)C1.Cl. The van der Waals surface area contributed by atoms with Crippen LogP contribution < -0.4 is 5.73 Å². The van der Waals surface area contributed by atoms with Crippen LogP contribution in [0.2, 0.25) is 0 Å². The van der Waals surface area contributed by atoms with Gasteiger partial charge in [-0.25, -0.2) is 0 Å². The summed E-state index contributed by atoms with van der Waals surface area (Å²) in [6, 6.07) is 0.309. The van der Waals surface area contributed by atoms with Crippen LogP contribution in [0, 0.1) is 19.8 Å². The molecule has 0 saturated carbocycles. The minimum atomic E-state index is 0. The Kier molecular flexibility index (Phi) is 5.83. The van der Waals surface area contributed by atoms with Gasteiger partial charge < -0.3 is 5.73 Å². The van der Waals surface area contributed by atoms with E-state index in [1.54, 1.807) is 0 Å². The first-order chi connectivity index (χ1) is 8.49. The van der Waals surface area contributed by atoms with Gasteiger partial charge in [0.1, 0.15) is 0 Å². The molecule has 1 fully saturated rings. The summed E-state index contributed by atoms with van der Waals surface area (Å²) in [5, 5.41) is 4.50. The van der Waals surface area contributed by atoms with E-state index in [1.807, 2.05) is 11.7 Å². The van der Waals surface area contributed by atoms with Gasteiger partial charge in [0.25, 0.3) is 0 Å². The average molecular weight is 287 g/mol. The first-order valence-electron chi connectivity index (χ1n) is 6.96. The Morgan fingerprint density at radius 1 is 1.42 bits per heavy atom. The molecule has 1 aliphatic heterocycles. The Hall–Kier alpha value is -0.580. The van der Waals surface area contributed by atoms with E-state index in [0.717, 1.165) is 18.8 Å². The molecule has 0 spiro atoms. The molecule has 110 valence electrons. The molecule has 0 amide bonds. The highest BCUT2D eigenvalue weighted by Crippen LogP contribution is 2.22. The number of piperidine rings is 1. The predicted octanol–water partition coefficient (Wildman–Crippen LogP) is 2.02. The molecule has 1 aromatic heterocycles. The summed E-state index contributed by atoms with van der Waals surface area (Å²) in [7, 11) is 2.02. The third-order valence-corrected chi connectivity index (χ3v) is 4.33. The molecule has 2 heterocycles. The van der Waals surface area contributed by atoms with E-state index < -0.39 is 0 Å². The first-order valence-corrected chi connectivity index (χ1v) is 6.96. The van der Waals surface area contributed by atoms with Gasteiger partial charge >= 0.3 is 0 Å². The lowest BCUT2D eigenvalue weighted by Gasteiger charge is -2.34. The summed E-state index contributed by atoms with van der Waals surface area (Å²) in [6.07, 6.45) is 2.55. The quantitative estimate of drug-likeness (QED) is 0.925. The minimum Gasteiger partial charge on any atom is -0.328 e. The van der Waals surface area contributed by atoms with Gasteiger partial charge in [-0.05, 0) is 46.1 Å². The van der Waals surface area contributed by atoms with Crippen molar-refractivity contribution in [3.8, 4) is 0 Å². The lowest BCUT2D eigenvalue weighted by Crippen LogP contribution is -2.42. The average Bonchev–Trinajstić information content (AvgIpc) is 2.56. The van der Waals surface area contributed by atoms with Gasteiger partial charge in [0.2, 0.25) is 0 Å².